The van der Waals surface area contributed by atoms with Gasteiger partial charge in [0.25, 0.3) is 0 Å². The van der Waals surface area contributed by atoms with E-state index >= 15 is 0 Å². The molecule has 1 aromatic rings. The van der Waals surface area contributed by atoms with Crippen molar-refractivity contribution in [2.24, 2.45) is 5.92 Å². The van der Waals surface area contributed by atoms with Gasteiger partial charge < -0.3 is 5.32 Å². The van der Waals surface area contributed by atoms with E-state index in [4.69, 9.17) is 0 Å². The average Bonchev–Trinajstić information content (AvgIpc) is 2.34. The Morgan fingerprint density at radius 2 is 1.61 bits per heavy atom. The van der Waals surface area contributed by atoms with Crippen LogP contribution in [-0.4, -0.2) is 31.1 Å². The SMILES string of the molecule is CNC(CN(CC(C)C)C(C)C)c1ccccc1. The zero-order valence-corrected chi connectivity index (χ0v) is 12.5. The van der Waals surface area contributed by atoms with Crippen LogP contribution in [0.5, 0.6) is 0 Å². The lowest BCUT2D eigenvalue weighted by Crippen LogP contribution is -2.40. The maximum Gasteiger partial charge on any atom is 0.0446 e. The number of benzene rings is 1. The maximum absolute atomic E-state index is 3.44. The smallest absolute Gasteiger partial charge is 0.0446 e. The lowest BCUT2D eigenvalue weighted by molar-refractivity contribution is 0.179. The van der Waals surface area contributed by atoms with Crippen LogP contribution < -0.4 is 5.32 Å². The van der Waals surface area contributed by atoms with Crippen molar-refractivity contribution in [3.8, 4) is 0 Å². The largest absolute Gasteiger partial charge is 0.312 e. The zero-order valence-electron chi connectivity index (χ0n) is 12.5. The molecule has 1 atom stereocenters. The molecule has 1 rings (SSSR count). The molecule has 0 heterocycles. The number of nitrogens with one attached hydrogen (secondary N) is 1. The second-order valence-electron chi connectivity index (χ2n) is 5.69. The van der Waals surface area contributed by atoms with Crippen LogP contribution in [0.1, 0.15) is 39.3 Å². The highest BCUT2D eigenvalue weighted by Gasteiger charge is 2.17. The fourth-order valence-corrected chi connectivity index (χ4v) is 2.25. The van der Waals surface area contributed by atoms with E-state index < -0.39 is 0 Å². The molecule has 0 spiro atoms. The van der Waals surface area contributed by atoms with Gasteiger partial charge in [0.05, 0.1) is 0 Å². The molecule has 2 heteroatoms. The molecule has 0 fully saturated rings. The minimum Gasteiger partial charge on any atom is -0.312 e. The number of hydrogen-bond donors (Lipinski definition) is 1. The molecule has 0 saturated carbocycles. The van der Waals surface area contributed by atoms with Gasteiger partial charge in [-0.05, 0) is 32.4 Å². The van der Waals surface area contributed by atoms with Gasteiger partial charge in [0.2, 0.25) is 0 Å². The first kappa shape index (κ1) is 15.2. The summed E-state index contributed by atoms with van der Waals surface area (Å²) in [5.41, 5.74) is 1.37. The molecule has 102 valence electrons. The summed E-state index contributed by atoms with van der Waals surface area (Å²) in [6, 6.07) is 11.7. The van der Waals surface area contributed by atoms with Crippen molar-refractivity contribution in [1.82, 2.24) is 10.2 Å². The molecular weight excluding hydrogens is 220 g/mol. The Bertz CT molecular complexity index is 319. The predicted molar refractivity (Wildman–Crippen MR) is 79.8 cm³/mol. The second kappa shape index (κ2) is 7.55. The summed E-state index contributed by atoms with van der Waals surface area (Å²) in [6.07, 6.45) is 0. The maximum atomic E-state index is 3.44. The number of likely N-dealkylation sites (N-methyl/N-ethyl adjacent to an activating group) is 1. The van der Waals surface area contributed by atoms with Crippen molar-refractivity contribution >= 4 is 0 Å². The van der Waals surface area contributed by atoms with Gasteiger partial charge in [-0.3, -0.25) is 4.90 Å². The van der Waals surface area contributed by atoms with Crippen molar-refractivity contribution < 1.29 is 0 Å². The van der Waals surface area contributed by atoms with Crippen molar-refractivity contribution in [2.45, 2.75) is 39.8 Å². The van der Waals surface area contributed by atoms with Gasteiger partial charge in [-0.1, -0.05) is 44.2 Å². The van der Waals surface area contributed by atoms with Crippen LogP contribution in [0.25, 0.3) is 0 Å². The van der Waals surface area contributed by atoms with E-state index in [-0.39, 0.29) is 0 Å². The number of nitrogens with zero attached hydrogens (tertiary/aromatic N) is 1. The van der Waals surface area contributed by atoms with Crippen LogP contribution in [0.4, 0.5) is 0 Å². The summed E-state index contributed by atoms with van der Waals surface area (Å²) in [4.78, 5) is 2.55. The monoisotopic (exact) mass is 248 g/mol. The van der Waals surface area contributed by atoms with Crippen LogP contribution in [0.15, 0.2) is 30.3 Å². The first-order valence-corrected chi connectivity index (χ1v) is 7.00. The van der Waals surface area contributed by atoms with Gasteiger partial charge in [-0.15, -0.1) is 0 Å². The molecule has 1 unspecified atom stereocenters. The van der Waals surface area contributed by atoms with Crippen molar-refractivity contribution in [3.63, 3.8) is 0 Å². The Labute approximate surface area is 112 Å². The third-order valence-corrected chi connectivity index (χ3v) is 3.30. The van der Waals surface area contributed by atoms with Crippen LogP contribution in [0.2, 0.25) is 0 Å². The normalized spacial score (nSPS) is 13.6. The molecule has 0 saturated heterocycles. The van der Waals surface area contributed by atoms with E-state index in [0.29, 0.717) is 18.0 Å². The van der Waals surface area contributed by atoms with E-state index in [9.17, 15) is 0 Å². The molecule has 0 radical (unpaired) electrons. The van der Waals surface area contributed by atoms with Crippen molar-refractivity contribution in [3.05, 3.63) is 35.9 Å². The van der Waals surface area contributed by atoms with Crippen LogP contribution in [0, 0.1) is 5.92 Å². The third-order valence-electron chi connectivity index (χ3n) is 3.30. The summed E-state index contributed by atoms with van der Waals surface area (Å²) in [7, 11) is 2.05. The Balaban J connectivity index is 2.71. The van der Waals surface area contributed by atoms with Crippen LogP contribution in [0.3, 0.4) is 0 Å². The number of hydrogen-bond acceptors (Lipinski definition) is 2. The first-order valence-electron chi connectivity index (χ1n) is 7.00. The fourth-order valence-electron chi connectivity index (χ4n) is 2.25. The van der Waals surface area contributed by atoms with Gasteiger partial charge in [0.15, 0.2) is 0 Å². The molecule has 0 aliphatic rings. The van der Waals surface area contributed by atoms with Gasteiger partial charge in [0, 0.05) is 25.2 Å². The molecule has 0 aliphatic heterocycles. The second-order valence-corrected chi connectivity index (χ2v) is 5.69. The molecule has 1 aromatic carbocycles. The zero-order chi connectivity index (χ0) is 13.5. The van der Waals surface area contributed by atoms with Gasteiger partial charge in [-0.2, -0.15) is 0 Å². The first-order chi connectivity index (χ1) is 8.54. The van der Waals surface area contributed by atoms with E-state index in [0.717, 1.165) is 13.1 Å². The van der Waals surface area contributed by atoms with Crippen molar-refractivity contribution in [2.75, 3.05) is 20.1 Å². The lowest BCUT2D eigenvalue weighted by Gasteiger charge is -2.32. The summed E-state index contributed by atoms with van der Waals surface area (Å²) < 4.78 is 0. The fraction of sp³-hybridized carbons (Fsp3) is 0.625. The van der Waals surface area contributed by atoms with Crippen LogP contribution in [-0.2, 0) is 0 Å². The highest BCUT2D eigenvalue weighted by Crippen LogP contribution is 2.16. The Morgan fingerprint density at radius 3 is 2.06 bits per heavy atom. The molecule has 2 nitrogen and oxygen atoms in total. The molecule has 18 heavy (non-hydrogen) atoms. The van der Waals surface area contributed by atoms with Gasteiger partial charge in [0.1, 0.15) is 0 Å². The molecular formula is C16H28N2. The molecule has 0 aromatic heterocycles. The summed E-state index contributed by atoms with van der Waals surface area (Å²) in [6.45, 7) is 11.3. The standard InChI is InChI=1S/C16H28N2/c1-13(2)11-18(14(3)4)12-16(17-5)15-9-7-6-8-10-15/h6-10,13-14,16-17H,11-12H2,1-5H3. The number of rotatable bonds is 7. The Kier molecular flexibility index (Phi) is 6.37. The van der Waals surface area contributed by atoms with E-state index in [1.165, 1.54) is 5.56 Å². The van der Waals surface area contributed by atoms with E-state index in [1.54, 1.807) is 0 Å². The van der Waals surface area contributed by atoms with Crippen LogP contribution >= 0.6 is 0 Å². The lowest BCUT2D eigenvalue weighted by atomic mass is 10.0. The minimum absolute atomic E-state index is 0.410. The van der Waals surface area contributed by atoms with Gasteiger partial charge in [-0.25, -0.2) is 0 Å². The summed E-state index contributed by atoms with van der Waals surface area (Å²) in [5.74, 6) is 0.709. The predicted octanol–water partition coefficient (Wildman–Crippen LogP) is 3.31. The average molecular weight is 248 g/mol. The van der Waals surface area contributed by atoms with Gasteiger partial charge >= 0.3 is 0 Å². The third kappa shape index (κ3) is 4.79. The topological polar surface area (TPSA) is 15.3 Å². The Hall–Kier alpha value is -0.860. The molecule has 1 N–H and O–H groups in total. The Morgan fingerprint density at radius 1 is 1.00 bits per heavy atom. The van der Waals surface area contributed by atoms with Crippen molar-refractivity contribution in [1.29, 1.82) is 0 Å². The minimum atomic E-state index is 0.410. The quantitative estimate of drug-likeness (QED) is 0.796. The van der Waals surface area contributed by atoms with E-state index in [2.05, 4.69) is 68.2 Å². The summed E-state index contributed by atoms with van der Waals surface area (Å²) in [5, 5.41) is 3.44. The highest BCUT2D eigenvalue weighted by molar-refractivity contribution is 5.19. The summed E-state index contributed by atoms with van der Waals surface area (Å²) >= 11 is 0. The molecule has 0 bridgehead atoms. The molecule has 0 amide bonds. The van der Waals surface area contributed by atoms with E-state index in [1.807, 2.05) is 7.05 Å². The molecule has 0 aliphatic carbocycles. The highest BCUT2D eigenvalue weighted by atomic mass is 15.2.